The van der Waals surface area contributed by atoms with E-state index >= 15 is 0 Å². The Morgan fingerprint density at radius 1 is 1.33 bits per heavy atom. The van der Waals surface area contributed by atoms with Gasteiger partial charge in [-0.3, -0.25) is 4.79 Å². The number of hydrogen-bond donors (Lipinski definition) is 2. The van der Waals surface area contributed by atoms with Gasteiger partial charge in [0.2, 0.25) is 5.91 Å². The van der Waals surface area contributed by atoms with Crippen molar-refractivity contribution in [2.75, 3.05) is 26.3 Å². The molecule has 1 saturated carbocycles. The highest BCUT2D eigenvalue weighted by Gasteiger charge is 2.35. The minimum absolute atomic E-state index is 0.0954. The maximum atomic E-state index is 12.6. The molecular formula is C22H34N2O3. The van der Waals surface area contributed by atoms with Crippen molar-refractivity contribution in [1.82, 2.24) is 10.6 Å². The summed E-state index contributed by atoms with van der Waals surface area (Å²) in [4.78, 5) is 12.6. The van der Waals surface area contributed by atoms with Gasteiger partial charge < -0.3 is 20.1 Å². The van der Waals surface area contributed by atoms with Gasteiger partial charge in [-0.1, -0.05) is 32.0 Å². The van der Waals surface area contributed by atoms with E-state index in [0.717, 1.165) is 63.2 Å². The van der Waals surface area contributed by atoms with Crippen molar-refractivity contribution in [3.63, 3.8) is 0 Å². The molecular weight excluding hydrogens is 340 g/mol. The summed E-state index contributed by atoms with van der Waals surface area (Å²) in [6.45, 7) is 7.47. The lowest BCUT2D eigenvalue weighted by molar-refractivity contribution is -0.128. The third-order valence-corrected chi connectivity index (χ3v) is 5.62. The Bertz CT molecular complexity index is 605. The van der Waals surface area contributed by atoms with E-state index in [0.29, 0.717) is 18.5 Å². The number of morpholine rings is 1. The summed E-state index contributed by atoms with van der Waals surface area (Å²) in [5, 5.41) is 6.64. The Kier molecular flexibility index (Phi) is 7.53. The van der Waals surface area contributed by atoms with Gasteiger partial charge >= 0.3 is 0 Å². The fourth-order valence-electron chi connectivity index (χ4n) is 3.97. The van der Waals surface area contributed by atoms with Crippen LogP contribution in [0.15, 0.2) is 24.3 Å². The number of ether oxygens (including phenoxy) is 2. The van der Waals surface area contributed by atoms with Gasteiger partial charge in [0.25, 0.3) is 0 Å². The third kappa shape index (κ3) is 5.94. The summed E-state index contributed by atoms with van der Waals surface area (Å²) in [5.74, 6) is 1.85. The van der Waals surface area contributed by atoms with E-state index in [9.17, 15) is 4.79 Å². The number of carbonyl (C=O) groups is 1. The lowest BCUT2D eigenvalue weighted by Crippen LogP contribution is -2.53. The second-order valence-corrected chi connectivity index (χ2v) is 8.16. The molecule has 5 nitrogen and oxygen atoms in total. The molecule has 1 heterocycles. The van der Waals surface area contributed by atoms with Crippen LogP contribution in [0.3, 0.4) is 0 Å². The molecule has 0 aromatic heterocycles. The van der Waals surface area contributed by atoms with E-state index in [1.54, 1.807) is 0 Å². The van der Waals surface area contributed by atoms with Crippen molar-refractivity contribution in [2.45, 2.75) is 58.1 Å². The lowest BCUT2D eigenvalue weighted by Gasteiger charge is -2.39. The second kappa shape index (κ2) is 10.1. The van der Waals surface area contributed by atoms with Crippen LogP contribution >= 0.6 is 0 Å². The lowest BCUT2D eigenvalue weighted by atomic mass is 9.82. The van der Waals surface area contributed by atoms with Gasteiger partial charge in [0.05, 0.1) is 19.3 Å². The Morgan fingerprint density at radius 2 is 2.19 bits per heavy atom. The van der Waals surface area contributed by atoms with Crippen LogP contribution in [0.5, 0.6) is 5.75 Å². The van der Waals surface area contributed by atoms with Crippen molar-refractivity contribution < 1.29 is 14.3 Å². The smallest absolute Gasteiger partial charge is 0.223 e. The number of para-hydroxylation sites is 1. The van der Waals surface area contributed by atoms with Crippen LogP contribution in [0.25, 0.3) is 0 Å². The maximum absolute atomic E-state index is 12.6. The first kappa shape index (κ1) is 20.2. The topological polar surface area (TPSA) is 59.6 Å². The SMILES string of the molecule is CC(C)CCOc1ccccc1CCNC(=O)[C@H]1CC[C@H]2OCCN[C@@H]2C1. The third-order valence-electron chi connectivity index (χ3n) is 5.62. The number of carbonyl (C=O) groups excluding carboxylic acids is 1. The van der Waals surface area contributed by atoms with Crippen molar-refractivity contribution in [1.29, 1.82) is 0 Å². The first-order valence-corrected chi connectivity index (χ1v) is 10.5. The van der Waals surface area contributed by atoms with Crippen molar-refractivity contribution >= 4 is 5.91 Å². The summed E-state index contributed by atoms with van der Waals surface area (Å²) in [6, 6.07) is 8.48. The van der Waals surface area contributed by atoms with Crippen LogP contribution < -0.4 is 15.4 Å². The number of nitrogens with one attached hydrogen (secondary N) is 2. The molecule has 2 fully saturated rings. The number of hydrogen-bond acceptors (Lipinski definition) is 4. The molecule has 3 atom stereocenters. The largest absolute Gasteiger partial charge is 0.493 e. The van der Waals surface area contributed by atoms with Crippen molar-refractivity contribution in [2.24, 2.45) is 11.8 Å². The first-order chi connectivity index (χ1) is 13.1. The molecule has 1 saturated heterocycles. The van der Waals surface area contributed by atoms with E-state index in [4.69, 9.17) is 9.47 Å². The van der Waals surface area contributed by atoms with Gasteiger partial charge in [0.1, 0.15) is 5.75 Å². The molecule has 1 aliphatic carbocycles. The Labute approximate surface area is 163 Å². The normalized spacial score (nSPS) is 25.1. The predicted molar refractivity (Wildman–Crippen MR) is 107 cm³/mol. The Morgan fingerprint density at radius 3 is 3.04 bits per heavy atom. The maximum Gasteiger partial charge on any atom is 0.223 e. The first-order valence-electron chi connectivity index (χ1n) is 10.5. The van der Waals surface area contributed by atoms with Crippen LogP contribution in [0, 0.1) is 11.8 Å². The molecule has 27 heavy (non-hydrogen) atoms. The van der Waals surface area contributed by atoms with E-state index < -0.39 is 0 Å². The zero-order valence-corrected chi connectivity index (χ0v) is 16.7. The van der Waals surface area contributed by atoms with E-state index in [1.165, 1.54) is 0 Å². The van der Waals surface area contributed by atoms with E-state index in [1.807, 2.05) is 18.2 Å². The fraction of sp³-hybridized carbons (Fsp3) is 0.682. The molecule has 2 aliphatic rings. The number of amides is 1. The summed E-state index contributed by atoms with van der Waals surface area (Å²) in [7, 11) is 0. The average Bonchev–Trinajstić information content (AvgIpc) is 2.68. The van der Waals surface area contributed by atoms with E-state index in [2.05, 4.69) is 30.5 Å². The van der Waals surface area contributed by atoms with E-state index in [-0.39, 0.29) is 17.9 Å². The van der Waals surface area contributed by atoms with Crippen LogP contribution in [0.1, 0.15) is 45.1 Å². The van der Waals surface area contributed by atoms with Gasteiger partial charge in [-0.25, -0.2) is 0 Å². The van der Waals surface area contributed by atoms with Gasteiger partial charge in [0.15, 0.2) is 0 Å². The summed E-state index contributed by atoms with van der Waals surface area (Å²) in [5.41, 5.74) is 1.16. The zero-order chi connectivity index (χ0) is 19.1. The molecule has 5 heteroatoms. The standard InChI is InChI=1S/C22H34N2O3/c1-16(2)10-13-26-20-6-4-3-5-17(20)9-11-24-22(25)18-7-8-21-19(15-18)23-12-14-27-21/h3-6,16,18-19,21,23H,7-15H2,1-2H3,(H,24,25)/t18-,19+,21+/m0/s1. The molecule has 1 aliphatic heterocycles. The van der Waals surface area contributed by atoms with Crippen LogP contribution in [-0.4, -0.2) is 44.4 Å². The number of rotatable bonds is 8. The average molecular weight is 375 g/mol. The molecule has 2 N–H and O–H groups in total. The van der Waals surface area contributed by atoms with Crippen LogP contribution in [0.2, 0.25) is 0 Å². The summed E-state index contributed by atoms with van der Waals surface area (Å²) < 4.78 is 11.7. The van der Waals surface area contributed by atoms with Gasteiger partial charge in [-0.15, -0.1) is 0 Å². The highest BCUT2D eigenvalue weighted by molar-refractivity contribution is 5.78. The molecule has 0 bridgehead atoms. The molecule has 0 radical (unpaired) electrons. The van der Waals surface area contributed by atoms with Crippen molar-refractivity contribution in [3.05, 3.63) is 29.8 Å². The van der Waals surface area contributed by atoms with Crippen LogP contribution in [-0.2, 0) is 16.0 Å². The van der Waals surface area contributed by atoms with Crippen molar-refractivity contribution in [3.8, 4) is 5.75 Å². The quantitative estimate of drug-likeness (QED) is 0.735. The number of benzene rings is 1. The molecule has 0 unspecified atom stereocenters. The van der Waals surface area contributed by atoms with Gasteiger partial charge in [0, 0.05) is 25.0 Å². The Balaban J connectivity index is 1.43. The second-order valence-electron chi connectivity index (χ2n) is 8.16. The molecule has 150 valence electrons. The minimum Gasteiger partial charge on any atom is -0.493 e. The van der Waals surface area contributed by atoms with Gasteiger partial charge in [-0.05, 0) is 49.7 Å². The predicted octanol–water partition coefficient (Wildman–Crippen LogP) is 2.93. The highest BCUT2D eigenvalue weighted by atomic mass is 16.5. The fourth-order valence-corrected chi connectivity index (χ4v) is 3.97. The zero-order valence-electron chi connectivity index (χ0n) is 16.7. The monoisotopic (exact) mass is 374 g/mol. The Hall–Kier alpha value is -1.59. The molecule has 0 spiro atoms. The molecule has 1 amide bonds. The van der Waals surface area contributed by atoms with Gasteiger partial charge in [-0.2, -0.15) is 0 Å². The summed E-state index contributed by atoms with van der Waals surface area (Å²) >= 11 is 0. The molecule has 1 aromatic rings. The van der Waals surface area contributed by atoms with Crippen LogP contribution in [0.4, 0.5) is 0 Å². The molecule has 3 rings (SSSR count). The highest BCUT2D eigenvalue weighted by Crippen LogP contribution is 2.28. The molecule has 1 aromatic carbocycles. The minimum atomic E-state index is 0.0954. The summed E-state index contributed by atoms with van der Waals surface area (Å²) in [6.07, 6.45) is 4.91. The number of fused-ring (bicyclic) bond motifs is 1.